The van der Waals surface area contributed by atoms with E-state index in [2.05, 4.69) is 16.6 Å². The summed E-state index contributed by atoms with van der Waals surface area (Å²) in [6.45, 7) is 4.00. The second-order valence-electron chi connectivity index (χ2n) is 4.65. The van der Waals surface area contributed by atoms with Crippen molar-refractivity contribution in [2.24, 2.45) is 0 Å². The van der Waals surface area contributed by atoms with E-state index in [4.69, 9.17) is 15.9 Å². The van der Waals surface area contributed by atoms with Gasteiger partial charge in [-0.15, -0.1) is 6.42 Å². The highest BCUT2D eigenvalue weighted by Gasteiger charge is 2.16. The number of methoxy groups -OCH3 is 2. The summed E-state index contributed by atoms with van der Waals surface area (Å²) >= 11 is 0. The average molecular weight is 290 g/mol. The van der Waals surface area contributed by atoms with Crippen LogP contribution in [0, 0.1) is 12.3 Å². The number of hydrogen-bond acceptors (Lipinski definition) is 4. The third-order valence-electron chi connectivity index (χ3n) is 3.17. The van der Waals surface area contributed by atoms with Crippen LogP contribution in [0.3, 0.4) is 0 Å². The molecule has 5 heteroatoms. The molecule has 2 unspecified atom stereocenters. The normalized spacial score (nSPS) is 12.9. The Kier molecular flexibility index (Phi) is 6.57. The van der Waals surface area contributed by atoms with Gasteiger partial charge in [0.05, 0.1) is 26.8 Å². The summed E-state index contributed by atoms with van der Waals surface area (Å²) in [6, 6.07) is 5.31. The molecule has 1 amide bonds. The van der Waals surface area contributed by atoms with Gasteiger partial charge in [0.1, 0.15) is 0 Å². The Morgan fingerprint density at radius 2 is 1.95 bits per heavy atom. The van der Waals surface area contributed by atoms with Crippen LogP contribution in [-0.2, 0) is 4.79 Å². The van der Waals surface area contributed by atoms with E-state index in [9.17, 15) is 4.79 Å². The number of rotatable bonds is 7. The minimum atomic E-state index is -0.346. The van der Waals surface area contributed by atoms with Crippen LogP contribution in [0.4, 0.5) is 0 Å². The molecule has 0 aliphatic rings. The third kappa shape index (κ3) is 4.69. The fourth-order valence-corrected chi connectivity index (χ4v) is 1.96. The van der Waals surface area contributed by atoms with Crippen molar-refractivity contribution < 1.29 is 14.3 Å². The lowest BCUT2D eigenvalue weighted by Crippen LogP contribution is -2.43. The summed E-state index contributed by atoms with van der Waals surface area (Å²) < 4.78 is 10.5. The van der Waals surface area contributed by atoms with E-state index in [1.807, 2.05) is 25.1 Å². The van der Waals surface area contributed by atoms with Gasteiger partial charge in [0.2, 0.25) is 5.91 Å². The number of amides is 1. The maximum Gasteiger partial charge on any atom is 0.237 e. The molecule has 0 fully saturated rings. The Bertz CT molecular complexity index is 523. The maximum atomic E-state index is 11.8. The molecule has 0 spiro atoms. The first-order chi connectivity index (χ1) is 10.0. The molecule has 0 radical (unpaired) electrons. The number of benzene rings is 1. The quantitative estimate of drug-likeness (QED) is 0.747. The summed E-state index contributed by atoms with van der Waals surface area (Å²) in [5, 5.41) is 5.86. The molecule has 0 saturated heterocycles. The largest absolute Gasteiger partial charge is 0.493 e. The lowest BCUT2D eigenvalue weighted by molar-refractivity contribution is -0.122. The van der Waals surface area contributed by atoms with Gasteiger partial charge in [0, 0.05) is 6.04 Å². The van der Waals surface area contributed by atoms with Crippen LogP contribution in [0.5, 0.6) is 11.5 Å². The van der Waals surface area contributed by atoms with E-state index in [1.54, 1.807) is 21.1 Å². The van der Waals surface area contributed by atoms with Crippen LogP contribution in [-0.4, -0.2) is 32.7 Å². The molecule has 0 bridgehead atoms. The average Bonchev–Trinajstić information content (AvgIpc) is 2.51. The standard InChI is InChI=1S/C16H22N2O3/c1-6-9-17-16(19)12(3)18-11(2)13-7-8-14(20-4)15(10-13)21-5/h1,7-8,10-12,18H,9H2,2-5H3,(H,17,19). The summed E-state index contributed by atoms with van der Waals surface area (Å²) in [4.78, 5) is 11.8. The SMILES string of the molecule is C#CCNC(=O)C(C)NC(C)c1ccc(OC)c(OC)c1. The number of carbonyl (C=O) groups is 1. The molecule has 5 nitrogen and oxygen atoms in total. The predicted octanol–water partition coefficient (Wildman–Crippen LogP) is 1.49. The zero-order chi connectivity index (χ0) is 15.8. The van der Waals surface area contributed by atoms with Gasteiger partial charge in [-0.05, 0) is 31.5 Å². The van der Waals surface area contributed by atoms with Crippen molar-refractivity contribution in [1.29, 1.82) is 0 Å². The molecule has 1 aromatic carbocycles. The summed E-state index contributed by atoms with van der Waals surface area (Å²) in [7, 11) is 3.19. The summed E-state index contributed by atoms with van der Waals surface area (Å²) in [6.07, 6.45) is 5.12. The first-order valence-electron chi connectivity index (χ1n) is 6.72. The molecule has 114 valence electrons. The third-order valence-corrected chi connectivity index (χ3v) is 3.17. The number of terminal acetylenes is 1. The monoisotopic (exact) mass is 290 g/mol. The van der Waals surface area contributed by atoms with Gasteiger partial charge in [-0.2, -0.15) is 0 Å². The van der Waals surface area contributed by atoms with Crippen LogP contribution < -0.4 is 20.1 Å². The first-order valence-corrected chi connectivity index (χ1v) is 6.72. The van der Waals surface area contributed by atoms with Crippen LogP contribution >= 0.6 is 0 Å². The van der Waals surface area contributed by atoms with Crippen molar-refractivity contribution in [2.75, 3.05) is 20.8 Å². The van der Waals surface area contributed by atoms with Crippen molar-refractivity contribution in [3.05, 3.63) is 23.8 Å². The summed E-state index contributed by atoms with van der Waals surface area (Å²) in [5.74, 6) is 3.59. The van der Waals surface area contributed by atoms with Crippen LogP contribution in [0.1, 0.15) is 25.5 Å². The van der Waals surface area contributed by atoms with Crippen molar-refractivity contribution in [3.63, 3.8) is 0 Å². The topological polar surface area (TPSA) is 59.6 Å². The molecular weight excluding hydrogens is 268 g/mol. The van der Waals surface area contributed by atoms with Crippen LogP contribution in [0.25, 0.3) is 0 Å². The Morgan fingerprint density at radius 1 is 1.29 bits per heavy atom. The Morgan fingerprint density at radius 3 is 2.52 bits per heavy atom. The predicted molar refractivity (Wildman–Crippen MR) is 82.4 cm³/mol. The molecule has 21 heavy (non-hydrogen) atoms. The summed E-state index contributed by atoms with van der Waals surface area (Å²) in [5.41, 5.74) is 1.00. The fourth-order valence-electron chi connectivity index (χ4n) is 1.96. The molecule has 2 N–H and O–H groups in total. The van der Waals surface area contributed by atoms with E-state index in [0.717, 1.165) is 5.56 Å². The number of carbonyl (C=O) groups excluding carboxylic acids is 1. The van der Waals surface area contributed by atoms with Gasteiger partial charge >= 0.3 is 0 Å². The fraction of sp³-hybridized carbons (Fsp3) is 0.438. The van der Waals surface area contributed by atoms with E-state index in [1.165, 1.54) is 0 Å². The minimum absolute atomic E-state index is 0.0172. The second kappa shape index (κ2) is 8.18. The zero-order valence-corrected chi connectivity index (χ0v) is 12.9. The van der Waals surface area contributed by atoms with Crippen LogP contribution in [0.2, 0.25) is 0 Å². The second-order valence-corrected chi connectivity index (χ2v) is 4.65. The van der Waals surface area contributed by atoms with Gasteiger partial charge in [-0.3, -0.25) is 10.1 Å². The van der Waals surface area contributed by atoms with Gasteiger partial charge < -0.3 is 14.8 Å². The lowest BCUT2D eigenvalue weighted by Gasteiger charge is -2.20. The number of hydrogen-bond donors (Lipinski definition) is 2. The van der Waals surface area contributed by atoms with Crippen molar-refractivity contribution in [3.8, 4) is 23.8 Å². The molecule has 2 atom stereocenters. The van der Waals surface area contributed by atoms with Crippen LogP contribution in [0.15, 0.2) is 18.2 Å². The number of ether oxygens (including phenoxy) is 2. The molecule has 0 saturated carbocycles. The van der Waals surface area contributed by atoms with E-state index >= 15 is 0 Å². The van der Waals surface area contributed by atoms with Gasteiger partial charge in [-0.1, -0.05) is 12.0 Å². The van der Waals surface area contributed by atoms with Crippen molar-refractivity contribution in [1.82, 2.24) is 10.6 Å². The Labute approximate surface area is 126 Å². The van der Waals surface area contributed by atoms with E-state index < -0.39 is 0 Å². The van der Waals surface area contributed by atoms with E-state index in [-0.39, 0.29) is 24.5 Å². The highest BCUT2D eigenvalue weighted by atomic mass is 16.5. The molecule has 0 heterocycles. The zero-order valence-electron chi connectivity index (χ0n) is 12.9. The molecular formula is C16H22N2O3. The van der Waals surface area contributed by atoms with E-state index in [0.29, 0.717) is 11.5 Å². The Balaban J connectivity index is 2.73. The maximum absolute atomic E-state index is 11.8. The first kappa shape index (κ1) is 16.9. The van der Waals surface area contributed by atoms with Crippen molar-refractivity contribution >= 4 is 5.91 Å². The van der Waals surface area contributed by atoms with Gasteiger partial charge in [-0.25, -0.2) is 0 Å². The van der Waals surface area contributed by atoms with Gasteiger partial charge in [0.25, 0.3) is 0 Å². The van der Waals surface area contributed by atoms with Gasteiger partial charge in [0.15, 0.2) is 11.5 Å². The smallest absolute Gasteiger partial charge is 0.237 e. The highest BCUT2D eigenvalue weighted by molar-refractivity contribution is 5.81. The van der Waals surface area contributed by atoms with Crippen molar-refractivity contribution in [2.45, 2.75) is 25.9 Å². The highest BCUT2D eigenvalue weighted by Crippen LogP contribution is 2.29. The molecule has 1 rings (SSSR count). The molecule has 0 aromatic heterocycles. The molecule has 0 aliphatic heterocycles. The lowest BCUT2D eigenvalue weighted by atomic mass is 10.1. The molecule has 1 aromatic rings. The number of nitrogens with one attached hydrogen (secondary N) is 2. The Hall–Kier alpha value is -2.19. The molecule has 0 aliphatic carbocycles. The minimum Gasteiger partial charge on any atom is -0.493 e.